The Bertz CT molecular complexity index is 1770. The van der Waals surface area contributed by atoms with Gasteiger partial charge in [-0.3, -0.25) is 9.65 Å². The first-order chi connectivity index (χ1) is 21.6. The van der Waals surface area contributed by atoms with E-state index in [1.807, 2.05) is 23.2 Å². The van der Waals surface area contributed by atoms with Crippen LogP contribution in [-0.4, -0.2) is 84.5 Å². The van der Waals surface area contributed by atoms with E-state index < -0.39 is 28.8 Å². The van der Waals surface area contributed by atoms with Gasteiger partial charge >= 0.3 is 6.18 Å². The lowest BCUT2D eigenvalue weighted by Gasteiger charge is -2.35. The van der Waals surface area contributed by atoms with E-state index in [9.17, 15) is 17.4 Å². The van der Waals surface area contributed by atoms with Crippen molar-refractivity contribution in [2.75, 3.05) is 55.4 Å². The summed E-state index contributed by atoms with van der Waals surface area (Å²) in [6.07, 6.45) is -0.0798. The lowest BCUT2D eigenvalue weighted by atomic mass is 10.1. The fourth-order valence-corrected chi connectivity index (χ4v) is 5.30. The predicted octanol–water partition coefficient (Wildman–Crippen LogP) is 4.02. The molecule has 2 aromatic carbocycles. The van der Waals surface area contributed by atoms with Gasteiger partial charge < -0.3 is 25.3 Å². The number of amidine groups is 1. The number of halogens is 3. The van der Waals surface area contributed by atoms with Crippen LogP contribution in [0.4, 0.5) is 42.1 Å². The molecule has 6 rings (SSSR count). The van der Waals surface area contributed by atoms with Crippen LogP contribution in [0.3, 0.4) is 0 Å². The zero-order valence-corrected chi connectivity index (χ0v) is 24.9. The summed E-state index contributed by atoms with van der Waals surface area (Å²) in [6, 6.07) is 11.8. The van der Waals surface area contributed by atoms with Crippen LogP contribution in [0.1, 0.15) is 11.1 Å². The number of fused-ring (bicyclic) bond motifs is 1. The van der Waals surface area contributed by atoms with E-state index in [0.29, 0.717) is 35.5 Å². The van der Waals surface area contributed by atoms with Crippen LogP contribution in [0.5, 0.6) is 0 Å². The van der Waals surface area contributed by atoms with Crippen LogP contribution in [0.15, 0.2) is 65.9 Å². The molecule has 45 heavy (non-hydrogen) atoms. The fourth-order valence-electron chi connectivity index (χ4n) is 5.02. The average Bonchev–Trinajstić information content (AvgIpc) is 3.44. The van der Waals surface area contributed by atoms with Gasteiger partial charge in [-0.15, -0.1) is 0 Å². The molecule has 0 aliphatic carbocycles. The number of likely N-dealkylation sites (N-methyl/N-ethyl adjacent to an activating group) is 1. The normalized spacial score (nSPS) is 16.6. The molecule has 2 aliphatic rings. The number of aromatic nitrogens is 4. The number of aromatic amines is 1. The molecule has 0 bridgehead atoms. The lowest BCUT2D eigenvalue weighted by Crippen LogP contribution is -2.47. The highest BCUT2D eigenvalue weighted by atomic mass is 32.2. The monoisotopic (exact) mass is 641 g/mol. The number of hydrogen-bond donors (Lipinski definition) is 5. The molecule has 0 saturated carbocycles. The maximum Gasteiger partial charge on any atom is 0.421 e. The van der Waals surface area contributed by atoms with Crippen molar-refractivity contribution >= 4 is 57.0 Å². The van der Waals surface area contributed by atoms with E-state index in [1.165, 1.54) is 0 Å². The molecule has 1 fully saturated rings. The fraction of sp³-hybridized carbons (Fsp3) is 0.286. The van der Waals surface area contributed by atoms with Crippen molar-refractivity contribution in [3.8, 4) is 0 Å². The topological polar surface area (TPSA) is 150 Å². The minimum atomic E-state index is -4.73. The minimum Gasteiger partial charge on any atom is -0.354 e. The first-order valence-corrected chi connectivity index (χ1v) is 15.1. The van der Waals surface area contributed by atoms with E-state index in [-0.39, 0.29) is 18.2 Å². The quantitative estimate of drug-likeness (QED) is 0.179. The van der Waals surface area contributed by atoms with Gasteiger partial charge in [0.2, 0.25) is 17.2 Å². The van der Waals surface area contributed by atoms with Crippen molar-refractivity contribution in [3.05, 3.63) is 72.1 Å². The number of benzene rings is 2. The molecule has 0 amide bonds. The Hall–Kier alpha value is -4.58. The van der Waals surface area contributed by atoms with Crippen molar-refractivity contribution in [1.82, 2.24) is 34.7 Å². The van der Waals surface area contributed by atoms with Crippen molar-refractivity contribution in [1.29, 1.82) is 0 Å². The molecule has 0 spiro atoms. The molecule has 4 aromatic rings. The molecule has 2 aromatic heterocycles. The number of H-pyrrole nitrogens is 1. The van der Waals surface area contributed by atoms with Gasteiger partial charge in [0.1, 0.15) is 23.9 Å². The molecule has 1 saturated heterocycles. The molecule has 2 aliphatic heterocycles. The summed E-state index contributed by atoms with van der Waals surface area (Å²) in [5.41, 5.74) is 0.909. The molecule has 236 valence electrons. The third-order valence-corrected chi connectivity index (χ3v) is 7.83. The van der Waals surface area contributed by atoms with E-state index in [2.05, 4.69) is 52.4 Å². The van der Waals surface area contributed by atoms with Crippen LogP contribution in [0, 0.1) is 0 Å². The summed E-state index contributed by atoms with van der Waals surface area (Å²) >= 11 is -2.29. The second kappa shape index (κ2) is 12.8. The maximum atomic E-state index is 13.9. The maximum absolute atomic E-state index is 13.9. The number of nitrogens with zero attached hydrogens (tertiary/aromatic N) is 7. The number of aliphatic imine (C=N–C) groups is 1. The molecule has 13 nitrogen and oxygen atoms in total. The SMILES string of the molecule is CN1CCN(C2=NCN(c3n[nH]c4cc(Nc5ncc(C(F)(F)F)c(Nc6ccccc6CNS(=O)O)n5)ccc34)C=C2)CC1. The highest BCUT2D eigenvalue weighted by Gasteiger charge is 2.35. The Morgan fingerprint density at radius 3 is 2.62 bits per heavy atom. The predicted molar refractivity (Wildman–Crippen MR) is 167 cm³/mol. The molecule has 5 N–H and O–H groups in total. The Balaban J connectivity index is 1.19. The van der Waals surface area contributed by atoms with Crippen LogP contribution < -0.4 is 20.3 Å². The zero-order valence-electron chi connectivity index (χ0n) is 24.0. The Morgan fingerprint density at radius 1 is 1.09 bits per heavy atom. The Morgan fingerprint density at radius 2 is 1.89 bits per heavy atom. The molecule has 0 radical (unpaired) electrons. The summed E-state index contributed by atoms with van der Waals surface area (Å²) < 4.78 is 64.1. The van der Waals surface area contributed by atoms with Gasteiger partial charge in [0, 0.05) is 61.9 Å². The molecule has 1 unspecified atom stereocenters. The second-order valence-electron chi connectivity index (χ2n) is 10.5. The highest BCUT2D eigenvalue weighted by molar-refractivity contribution is 7.77. The smallest absolute Gasteiger partial charge is 0.354 e. The minimum absolute atomic E-state index is 0.0625. The van der Waals surface area contributed by atoms with Gasteiger partial charge in [0.15, 0.2) is 5.82 Å². The highest BCUT2D eigenvalue weighted by Crippen LogP contribution is 2.36. The first-order valence-electron chi connectivity index (χ1n) is 14.0. The number of hydrogen-bond acceptors (Lipinski definition) is 10. The summed E-state index contributed by atoms with van der Waals surface area (Å²) in [5.74, 6) is 1.11. The zero-order chi connectivity index (χ0) is 31.6. The van der Waals surface area contributed by atoms with E-state index in [0.717, 1.165) is 37.4 Å². The van der Waals surface area contributed by atoms with Gasteiger partial charge in [0.05, 0.1) is 5.52 Å². The van der Waals surface area contributed by atoms with Gasteiger partial charge in [0.25, 0.3) is 0 Å². The summed E-state index contributed by atoms with van der Waals surface area (Å²) in [5, 5.41) is 14.0. The molecular weight excluding hydrogens is 611 g/mol. The average molecular weight is 642 g/mol. The molecule has 17 heteroatoms. The van der Waals surface area contributed by atoms with Crippen LogP contribution in [-0.2, 0) is 24.0 Å². The number of anilines is 5. The van der Waals surface area contributed by atoms with Crippen molar-refractivity contribution < 1.29 is 21.9 Å². The van der Waals surface area contributed by atoms with Gasteiger partial charge in [-0.2, -0.15) is 23.3 Å². The molecule has 4 heterocycles. The van der Waals surface area contributed by atoms with Crippen LogP contribution in [0.2, 0.25) is 0 Å². The third-order valence-electron chi connectivity index (χ3n) is 7.44. The summed E-state index contributed by atoms with van der Waals surface area (Å²) in [7, 11) is 2.11. The van der Waals surface area contributed by atoms with Crippen molar-refractivity contribution in [2.45, 2.75) is 12.7 Å². The van der Waals surface area contributed by atoms with E-state index in [1.54, 1.807) is 36.4 Å². The molecular formula is C28H30F3N11O2S. The third kappa shape index (κ3) is 7.06. The Kier molecular flexibility index (Phi) is 8.66. The summed E-state index contributed by atoms with van der Waals surface area (Å²) in [6.45, 7) is 4.21. The van der Waals surface area contributed by atoms with Crippen molar-refractivity contribution in [2.24, 2.45) is 4.99 Å². The van der Waals surface area contributed by atoms with Crippen molar-refractivity contribution in [3.63, 3.8) is 0 Å². The van der Waals surface area contributed by atoms with Gasteiger partial charge in [-0.1, -0.05) is 18.2 Å². The number of nitrogens with one attached hydrogen (secondary N) is 4. The van der Waals surface area contributed by atoms with E-state index in [4.69, 9.17) is 9.55 Å². The standard InChI is InChI=1S/C28H30F3N11O2S/c1-40-10-12-41(13-11-40)24-8-9-42(17-33-24)26-20-7-6-19(14-23(20)38-39-26)35-27-32-16-21(28(29,30)31)25(37-27)36-22-5-3-2-4-18(22)15-34-45(43)44/h2-9,14,16,34H,10-13,15,17H2,1H3,(H,38,39)(H,43,44)(H2,32,35,36,37). The Labute approximate surface area is 258 Å². The number of rotatable bonds is 8. The summed E-state index contributed by atoms with van der Waals surface area (Å²) in [4.78, 5) is 19.3. The number of piperazine rings is 1. The van der Waals surface area contributed by atoms with Crippen LogP contribution in [0.25, 0.3) is 10.9 Å². The van der Waals surface area contributed by atoms with Crippen LogP contribution >= 0.6 is 0 Å². The molecule has 1 atom stereocenters. The lowest BCUT2D eigenvalue weighted by molar-refractivity contribution is -0.137. The van der Waals surface area contributed by atoms with Gasteiger partial charge in [-0.05, 0) is 43.0 Å². The van der Waals surface area contributed by atoms with E-state index >= 15 is 0 Å². The largest absolute Gasteiger partial charge is 0.421 e. The van der Waals surface area contributed by atoms with Gasteiger partial charge in [-0.25, -0.2) is 18.9 Å². The first kappa shape index (κ1) is 30.4. The number of alkyl halides is 3. The number of para-hydroxylation sites is 1. The second-order valence-corrected chi connectivity index (χ2v) is 11.3.